The molecule has 0 aliphatic rings. The molecule has 210 valence electrons. The lowest BCUT2D eigenvalue weighted by molar-refractivity contribution is 1.19. The fourth-order valence-electron chi connectivity index (χ4n) is 6.59. The molecule has 45 heavy (non-hydrogen) atoms. The zero-order valence-corrected chi connectivity index (χ0v) is 24.4. The number of aromatic nitrogens is 3. The number of hydrogen-bond donors (Lipinski definition) is 0. The Bertz CT molecular complexity index is 2530. The number of fused-ring (bicyclic) bond motifs is 5. The average molecular weight is 574 g/mol. The molecule has 0 atom stereocenters. The van der Waals surface area contributed by atoms with Gasteiger partial charge in [0.1, 0.15) is 0 Å². The highest BCUT2D eigenvalue weighted by molar-refractivity contribution is 6.11. The molecule has 0 saturated heterocycles. The van der Waals surface area contributed by atoms with E-state index in [1.807, 2.05) is 24.3 Å². The Labute approximate surface area is 260 Å². The predicted octanol–water partition coefficient (Wildman–Crippen LogP) is 10.9. The average Bonchev–Trinajstić information content (AvgIpc) is 3.45. The van der Waals surface area contributed by atoms with Gasteiger partial charge in [0.15, 0.2) is 5.82 Å². The molecule has 0 fully saturated rings. The first-order valence-electron chi connectivity index (χ1n) is 15.3. The highest BCUT2D eigenvalue weighted by Gasteiger charge is 2.16. The number of rotatable bonds is 4. The summed E-state index contributed by atoms with van der Waals surface area (Å²) < 4.78 is 2.38. The first kappa shape index (κ1) is 25.4. The minimum atomic E-state index is 0.734. The molecule has 0 N–H and O–H groups in total. The highest BCUT2D eigenvalue weighted by atomic mass is 15.0. The molecule has 0 aliphatic carbocycles. The predicted molar refractivity (Wildman–Crippen MR) is 188 cm³/mol. The normalized spacial score (nSPS) is 11.6. The van der Waals surface area contributed by atoms with Crippen LogP contribution in [0.15, 0.2) is 164 Å². The zero-order chi connectivity index (χ0) is 29.7. The molecule has 0 saturated carbocycles. The lowest BCUT2D eigenvalue weighted by Crippen LogP contribution is -1.95. The smallest absolute Gasteiger partial charge is 0.160 e. The number of para-hydroxylation sites is 1. The van der Waals surface area contributed by atoms with Crippen LogP contribution in [0.1, 0.15) is 0 Å². The minimum Gasteiger partial charge on any atom is -0.309 e. The molecular formula is C42H27N3. The van der Waals surface area contributed by atoms with E-state index in [1.165, 1.54) is 32.6 Å². The maximum absolute atomic E-state index is 5.11. The van der Waals surface area contributed by atoms with E-state index in [0.29, 0.717) is 0 Å². The molecule has 0 unspecified atom stereocenters. The van der Waals surface area contributed by atoms with Gasteiger partial charge in [-0.15, -0.1) is 0 Å². The molecule has 0 bridgehead atoms. The molecular weight excluding hydrogens is 546 g/mol. The summed E-state index contributed by atoms with van der Waals surface area (Å²) in [6.07, 6.45) is 0. The van der Waals surface area contributed by atoms with Crippen molar-refractivity contribution in [3.8, 4) is 39.5 Å². The zero-order valence-electron chi connectivity index (χ0n) is 24.4. The van der Waals surface area contributed by atoms with Gasteiger partial charge in [-0.1, -0.05) is 121 Å². The number of hydrogen-bond acceptors (Lipinski definition) is 2. The lowest BCUT2D eigenvalue weighted by Gasteiger charge is -2.12. The standard InChI is InChI=1S/C42H27N3/c1-3-12-29(13-4-1)41-37-27-32(20-23-38(37)43-42(44-41)30-14-5-2-6-15-30)33-21-24-40-36(26-33)35-17-9-10-18-39(35)45(40)34-22-19-28-11-7-8-16-31(28)25-34/h1-27H. The molecule has 2 heterocycles. The van der Waals surface area contributed by atoms with E-state index in [1.54, 1.807) is 0 Å². The van der Waals surface area contributed by atoms with Gasteiger partial charge in [-0.05, 0) is 64.4 Å². The van der Waals surface area contributed by atoms with Gasteiger partial charge in [-0.25, -0.2) is 9.97 Å². The lowest BCUT2D eigenvalue weighted by atomic mass is 9.98. The molecule has 3 heteroatoms. The van der Waals surface area contributed by atoms with Crippen LogP contribution in [0.25, 0.3) is 82.9 Å². The molecule has 0 amide bonds. The molecule has 9 aromatic rings. The Balaban J connectivity index is 1.23. The summed E-state index contributed by atoms with van der Waals surface area (Å²) in [5.74, 6) is 0.734. The fraction of sp³-hybridized carbons (Fsp3) is 0. The maximum Gasteiger partial charge on any atom is 0.160 e. The molecule has 0 spiro atoms. The third-order valence-corrected chi connectivity index (χ3v) is 8.77. The van der Waals surface area contributed by atoms with E-state index in [-0.39, 0.29) is 0 Å². The van der Waals surface area contributed by atoms with Gasteiger partial charge in [0.2, 0.25) is 0 Å². The van der Waals surface area contributed by atoms with E-state index < -0.39 is 0 Å². The summed E-state index contributed by atoms with van der Waals surface area (Å²) in [5, 5.41) is 5.99. The molecule has 0 aliphatic heterocycles. The van der Waals surface area contributed by atoms with Crippen molar-refractivity contribution >= 4 is 43.5 Å². The van der Waals surface area contributed by atoms with Crippen molar-refractivity contribution in [3.63, 3.8) is 0 Å². The third kappa shape index (κ3) is 4.29. The van der Waals surface area contributed by atoms with E-state index in [9.17, 15) is 0 Å². The topological polar surface area (TPSA) is 30.7 Å². The molecule has 7 aromatic carbocycles. The van der Waals surface area contributed by atoms with Gasteiger partial charge in [0, 0.05) is 33.0 Å². The first-order valence-corrected chi connectivity index (χ1v) is 15.3. The Hall–Kier alpha value is -6.06. The Morgan fingerprint density at radius 1 is 0.378 bits per heavy atom. The summed E-state index contributed by atoms with van der Waals surface area (Å²) in [7, 11) is 0. The second kappa shape index (κ2) is 10.3. The van der Waals surface area contributed by atoms with Gasteiger partial charge in [-0.3, -0.25) is 0 Å². The largest absolute Gasteiger partial charge is 0.309 e. The van der Waals surface area contributed by atoms with Crippen molar-refractivity contribution in [2.45, 2.75) is 0 Å². The van der Waals surface area contributed by atoms with Crippen molar-refractivity contribution in [2.24, 2.45) is 0 Å². The second-order valence-electron chi connectivity index (χ2n) is 11.5. The van der Waals surface area contributed by atoms with Gasteiger partial charge in [0.05, 0.1) is 22.2 Å². The maximum atomic E-state index is 5.11. The minimum absolute atomic E-state index is 0.734. The summed E-state index contributed by atoms with van der Waals surface area (Å²) in [4.78, 5) is 10.1. The summed E-state index contributed by atoms with van der Waals surface area (Å²) in [5.41, 5.74) is 9.82. The summed E-state index contributed by atoms with van der Waals surface area (Å²) in [6, 6.07) is 58.0. The van der Waals surface area contributed by atoms with Crippen molar-refractivity contribution < 1.29 is 0 Å². The van der Waals surface area contributed by atoms with Crippen molar-refractivity contribution in [3.05, 3.63) is 164 Å². The fourth-order valence-corrected chi connectivity index (χ4v) is 6.59. The Morgan fingerprint density at radius 3 is 1.84 bits per heavy atom. The van der Waals surface area contributed by atoms with Crippen LogP contribution < -0.4 is 0 Å². The SMILES string of the molecule is c1ccc(-c2nc(-c3ccccc3)c3cc(-c4ccc5c(c4)c4ccccc4n5-c4ccc5ccccc5c4)ccc3n2)cc1. The van der Waals surface area contributed by atoms with Crippen molar-refractivity contribution in [1.29, 1.82) is 0 Å². The van der Waals surface area contributed by atoms with E-state index in [0.717, 1.165) is 50.4 Å². The van der Waals surface area contributed by atoms with E-state index in [2.05, 4.69) is 144 Å². The van der Waals surface area contributed by atoms with Crippen LogP contribution in [-0.2, 0) is 0 Å². The third-order valence-electron chi connectivity index (χ3n) is 8.77. The van der Waals surface area contributed by atoms with E-state index in [4.69, 9.17) is 9.97 Å². The second-order valence-corrected chi connectivity index (χ2v) is 11.5. The Morgan fingerprint density at radius 2 is 1.02 bits per heavy atom. The quantitative estimate of drug-likeness (QED) is 0.210. The Kier molecular flexibility index (Phi) is 5.82. The summed E-state index contributed by atoms with van der Waals surface area (Å²) >= 11 is 0. The van der Waals surface area contributed by atoms with Crippen LogP contribution >= 0.6 is 0 Å². The highest BCUT2D eigenvalue weighted by Crippen LogP contribution is 2.37. The number of benzene rings is 7. The van der Waals surface area contributed by atoms with Crippen LogP contribution in [0.3, 0.4) is 0 Å². The van der Waals surface area contributed by atoms with Gasteiger partial charge in [-0.2, -0.15) is 0 Å². The number of nitrogens with zero attached hydrogens (tertiary/aromatic N) is 3. The van der Waals surface area contributed by atoms with Crippen LogP contribution in [0, 0.1) is 0 Å². The van der Waals surface area contributed by atoms with Gasteiger partial charge in [0.25, 0.3) is 0 Å². The molecule has 9 rings (SSSR count). The molecule has 0 radical (unpaired) electrons. The van der Waals surface area contributed by atoms with Gasteiger partial charge >= 0.3 is 0 Å². The van der Waals surface area contributed by atoms with Gasteiger partial charge < -0.3 is 4.57 Å². The van der Waals surface area contributed by atoms with Crippen molar-refractivity contribution in [1.82, 2.24) is 14.5 Å². The monoisotopic (exact) mass is 573 g/mol. The summed E-state index contributed by atoms with van der Waals surface area (Å²) in [6.45, 7) is 0. The van der Waals surface area contributed by atoms with Crippen LogP contribution in [0.2, 0.25) is 0 Å². The molecule has 3 nitrogen and oxygen atoms in total. The van der Waals surface area contributed by atoms with Crippen LogP contribution in [0.4, 0.5) is 0 Å². The van der Waals surface area contributed by atoms with Crippen molar-refractivity contribution in [2.75, 3.05) is 0 Å². The van der Waals surface area contributed by atoms with E-state index >= 15 is 0 Å². The van der Waals surface area contributed by atoms with Crippen LogP contribution in [-0.4, -0.2) is 14.5 Å². The van der Waals surface area contributed by atoms with Crippen LogP contribution in [0.5, 0.6) is 0 Å². The first-order chi connectivity index (χ1) is 22.3. The molecule has 2 aromatic heterocycles.